The molecule has 1 saturated heterocycles. The summed E-state index contributed by atoms with van der Waals surface area (Å²) in [6.45, 7) is 0. The normalized spacial score (nSPS) is 23.2. The molecule has 5 atom stereocenters. The van der Waals surface area contributed by atoms with Gasteiger partial charge in [-0.05, 0) is 58.5 Å². The van der Waals surface area contributed by atoms with Crippen LogP contribution in [0.5, 0.6) is 0 Å². The van der Waals surface area contributed by atoms with E-state index in [9.17, 15) is 37.3 Å². The minimum atomic E-state index is -4.84. The number of nitrogens with zero attached hydrogens (tertiary/aromatic N) is 6. The fourth-order valence-corrected chi connectivity index (χ4v) is 5.19. The number of rotatable bonds is 4. The molecule has 0 aliphatic carbocycles. The van der Waals surface area contributed by atoms with Crippen molar-refractivity contribution < 1.29 is 42.0 Å². The van der Waals surface area contributed by atoms with E-state index in [0.717, 1.165) is 38.3 Å². The van der Waals surface area contributed by atoms with E-state index in [2.05, 4.69) is 31.3 Å². The lowest BCUT2D eigenvalue weighted by Crippen LogP contribution is -2.52. The average molecular weight is 684 g/mol. The van der Waals surface area contributed by atoms with Crippen molar-refractivity contribution in [2.45, 2.75) is 36.8 Å². The van der Waals surface area contributed by atoms with Crippen molar-refractivity contribution in [2.75, 3.05) is 0 Å². The Bertz CT molecular complexity index is 1700. The van der Waals surface area contributed by atoms with E-state index in [4.69, 9.17) is 28.6 Å². The van der Waals surface area contributed by atoms with Crippen LogP contribution in [-0.4, -0.2) is 63.2 Å². The first kappa shape index (κ1) is 29.7. The van der Waals surface area contributed by atoms with E-state index in [1.807, 2.05) is 0 Å². The molecule has 0 amide bonds. The summed E-state index contributed by atoms with van der Waals surface area (Å²) in [7, 11) is 1.34. The van der Waals surface area contributed by atoms with E-state index in [1.54, 1.807) is 0 Å². The highest BCUT2D eigenvalue weighted by atomic mass is 79.9. The maximum Gasteiger partial charge on any atom is 0.418 e. The molecule has 1 aliphatic rings. The first-order valence-electron chi connectivity index (χ1n) is 11.5. The fraction of sp³-hybridized carbons (Fsp3) is 0.304. The van der Waals surface area contributed by atoms with Gasteiger partial charge in [-0.25, -0.2) is 18.1 Å². The third-order valence-electron chi connectivity index (χ3n) is 6.43. The Morgan fingerprint density at radius 1 is 1.07 bits per heavy atom. The number of aromatic nitrogens is 6. The van der Waals surface area contributed by atoms with Crippen LogP contribution < -0.4 is 0 Å². The fourth-order valence-electron chi connectivity index (χ4n) is 4.48. The van der Waals surface area contributed by atoms with Crippen molar-refractivity contribution in [3.63, 3.8) is 0 Å². The summed E-state index contributed by atoms with van der Waals surface area (Å²) in [6.07, 6.45) is -11.1. The van der Waals surface area contributed by atoms with Crippen LogP contribution in [0.1, 0.15) is 23.5 Å². The smallest absolute Gasteiger partial charge is 0.388 e. The third-order valence-corrected chi connectivity index (χ3v) is 7.72. The molecule has 5 rings (SSSR count). The van der Waals surface area contributed by atoms with Crippen molar-refractivity contribution in [2.24, 2.45) is 7.05 Å². The molecule has 1 aliphatic heterocycles. The zero-order valence-corrected chi connectivity index (χ0v) is 23.5. The van der Waals surface area contributed by atoms with Gasteiger partial charge in [-0.1, -0.05) is 16.8 Å². The standard InChI is InChI=1S/C23H17BrClF5N6O4S/c1-34-22(41)36(13-6-8(25)2-4-10(13)23(28,29)30)20(32-34)19-17(37)16(18(38)21(39)40-19)35-7-12(31-33-35)9-3-5-11(24)15(27)14(9)26/h2-7,16-19,21,37-39H,1H3/t16-,17-,18-,19-,21+/m1/s1. The molecule has 0 spiro atoms. The summed E-state index contributed by atoms with van der Waals surface area (Å²) in [6, 6.07) is 3.70. The molecule has 41 heavy (non-hydrogen) atoms. The van der Waals surface area contributed by atoms with E-state index < -0.39 is 59.7 Å². The summed E-state index contributed by atoms with van der Waals surface area (Å²) in [5.74, 6) is -2.79. The van der Waals surface area contributed by atoms with Crippen molar-refractivity contribution >= 4 is 39.7 Å². The van der Waals surface area contributed by atoms with Gasteiger partial charge < -0.3 is 20.1 Å². The molecule has 2 aromatic carbocycles. The Kier molecular flexibility index (Phi) is 7.82. The molecule has 0 saturated carbocycles. The zero-order chi connectivity index (χ0) is 30.0. The molecule has 0 unspecified atom stereocenters. The van der Waals surface area contributed by atoms with Crippen molar-refractivity contribution in [1.82, 2.24) is 29.3 Å². The first-order valence-corrected chi connectivity index (χ1v) is 13.1. The SMILES string of the molecule is Cn1nc([C@@H]2O[C@H](O)[C@H](O)[C@H](n3cc(-c4ccc(Br)c(F)c4F)nn3)[C@H]2O)n(-c2cc(Cl)ccc2C(F)(F)F)c1=S. The molecule has 0 radical (unpaired) electrons. The second-order valence-corrected chi connectivity index (χ2v) is 10.6. The van der Waals surface area contributed by atoms with E-state index in [1.165, 1.54) is 19.2 Å². The number of hydrogen-bond acceptors (Lipinski definition) is 8. The van der Waals surface area contributed by atoms with Gasteiger partial charge in [0.2, 0.25) is 4.77 Å². The molecule has 218 valence electrons. The first-order chi connectivity index (χ1) is 19.2. The van der Waals surface area contributed by atoms with Crippen LogP contribution in [0, 0.1) is 16.4 Å². The van der Waals surface area contributed by atoms with Crippen LogP contribution in [0.15, 0.2) is 41.0 Å². The second-order valence-electron chi connectivity index (χ2n) is 8.98. The third kappa shape index (κ3) is 5.19. The molecular weight excluding hydrogens is 667 g/mol. The quantitative estimate of drug-likeness (QED) is 0.166. The summed E-state index contributed by atoms with van der Waals surface area (Å²) >= 11 is 14.2. The van der Waals surface area contributed by atoms with Crippen molar-refractivity contribution in [3.05, 3.63) is 73.8 Å². The highest BCUT2D eigenvalue weighted by Gasteiger charge is 2.49. The van der Waals surface area contributed by atoms with E-state index in [0.29, 0.717) is 0 Å². The number of aliphatic hydroxyl groups excluding tert-OH is 3. The summed E-state index contributed by atoms with van der Waals surface area (Å²) < 4.78 is 78.2. The lowest BCUT2D eigenvalue weighted by atomic mass is 9.95. The van der Waals surface area contributed by atoms with Gasteiger partial charge in [0.05, 0.1) is 21.9 Å². The number of alkyl halides is 3. The Morgan fingerprint density at radius 2 is 1.78 bits per heavy atom. The molecular formula is C23H17BrClF5N6O4S. The van der Waals surface area contributed by atoms with Gasteiger partial charge >= 0.3 is 6.18 Å². The number of halogens is 7. The number of aliphatic hydroxyl groups is 3. The number of ether oxygens (including phenoxy) is 1. The predicted octanol–water partition coefficient (Wildman–Crippen LogP) is 4.26. The van der Waals surface area contributed by atoms with Crippen molar-refractivity contribution in [3.8, 4) is 16.9 Å². The summed E-state index contributed by atoms with van der Waals surface area (Å²) in [4.78, 5) is 0. The molecule has 3 heterocycles. The highest BCUT2D eigenvalue weighted by molar-refractivity contribution is 9.10. The molecule has 0 bridgehead atoms. The minimum absolute atomic E-state index is 0.0603. The van der Waals surface area contributed by atoms with E-state index in [-0.39, 0.29) is 31.3 Å². The van der Waals surface area contributed by atoms with Crippen LogP contribution >= 0.6 is 39.7 Å². The molecule has 4 aromatic rings. The maximum atomic E-state index is 14.5. The van der Waals surface area contributed by atoms with Gasteiger partial charge in [-0.2, -0.15) is 18.3 Å². The molecule has 2 aromatic heterocycles. The largest absolute Gasteiger partial charge is 0.418 e. The monoisotopic (exact) mass is 682 g/mol. The number of aryl methyl sites for hydroxylation is 1. The zero-order valence-electron chi connectivity index (χ0n) is 20.3. The van der Waals surface area contributed by atoms with E-state index >= 15 is 0 Å². The van der Waals surface area contributed by atoms with Gasteiger partial charge in [0.15, 0.2) is 23.7 Å². The van der Waals surface area contributed by atoms with Crippen LogP contribution in [0.25, 0.3) is 16.9 Å². The Morgan fingerprint density at radius 3 is 2.46 bits per heavy atom. The van der Waals surface area contributed by atoms with Gasteiger partial charge in [0.25, 0.3) is 0 Å². The molecule has 1 fully saturated rings. The van der Waals surface area contributed by atoms with Crippen molar-refractivity contribution in [1.29, 1.82) is 0 Å². The summed E-state index contributed by atoms with van der Waals surface area (Å²) in [5, 5.41) is 44.2. The van der Waals surface area contributed by atoms with Crippen LogP contribution in [0.2, 0.25) is 5.02 Å². The topological polar surface area (TPSA) is 123 Å². The minimum Gasteiger partial charge on any atom is -0.388 e. The molecule has 18 heteroatoms. The van der Waals surface area contributed by atoms with Gasteiger partial charge in [0.1, 0.15) is 30.0 Å². The van der Waals surface area contributed by atoms with Gasteiger partial charge in [-0.3, -0.25) is 4.57 Å². The highest BCUT2D eigenvalue weighted by Crippen LogP contribution is 2.41. The predicted molar refractivity (Wildman–Crippen MR) is 137 cm³/mol. The van der Waals surface area contributed by atoms with Crippen LogP contribution in [0.3, 0.4) is 0 Å². The number of benzene rings is 2. The summed E-state index contributed by atoms with van der Waals surface area (Å²) in [5.41, 5.74) is -2.12. The van der Waals surface area contributed by atoms with Crippen LogP contribution in [0.4, 0.5) is 22.0 Å². The maximum absolute atomic E-state index is 14.5. The second kappa shape index (κ2) is 10.8. The Hall–Kier alpha value is -2.80. The number of hydrogen-bond donors (Lipinski definition) is 3. The van der Waals surface area contributed by atoms with Gasteiger partial charge in [-0.15, -0.1) is 5.10 Å². The van der Waals surface area contributed by atoms with Crippen LogP contribution in [-0.2, 0) is 18.0 Å². The average Bonchev–Trinajstić information content (AvgIpc) is 3.48. The van der Waals surface area contributed by atoms with Gasteiger partial charge in [0, 0.05) is 17.6 Å². The Balaban J connectivity index is 1.60. The lowest BCUT2D eigenvalue weighted by molar-refractivity contribution is -0.269. The molecule has 10 nitrogen and oxygen atoms in total. The lowest BCUT2D eigenvalue weighted by Gasteiger charge is -2.40. The Labute approximate surface area is 245 Å². The molecule has 3 N–H and O–H groups in total.